The first-order valence-corrected chi connectivity index (χ1v) is 8.31. The summed E-state index contributed by atoms with van der Waals surface area (Å²) >= 11 is 0. The van der Waals surface area contributed by atoms with Crippen molar-refractivity contribution < 1.29 is 9.90 Å². The van der Waals surface area contributed by atoms with Gasteiger partial charge in [-0.1, -0.05) is 24.0 Å². The van der Waals surface area contributed by atoms with Crippen LogP contribution in [0.5, 0.6) is 0 Å². The van der Waals surface area contributed by atoms with Gasteiger partial charge in [0.15, 0.2) is 11.6 Å². The Morgan fingerprint density at radius 2 is 2.15 bits per heavy atom. The molecule has 3 N–H and O–H groups in total. The molecular weight excluding hydrogens is 344 g/mol. The average Bonchev–Trinajstić information content (AvgIpc) is 2.95. The highest BCUT2D eigenvalue weighted by Crippen LogP contribution is 2.22. The Kier molecular flexibility index (Phi) is 3.94. The summed E-state index contributed by atoms with van der Waals surface area (Å²) in [6.45, 7) is 0.485. The third kappa shape index (κ3) is 3.05. The van der Waals surface area contributed by atoms with E-state index in [0.29, 0.717) is 35.4 Å². The van der Waals surface area contributed by atoms with Crippen LogP contribution in [0.2, 0.25) is 0 Å². The van der Waals surface area contributed by atoms with Crippen LogP contribution in [0.3, 0.4) is 0 Å². The molecule has 1 fully saturated rings. The van der Waals surface area contributed by atoms with Crippen molar-refractivity contribution in [3.8, 4) is 23.2 Å². The number of carbonyl (C=O) groups is 1. The minimum atomic E-state index is -1.63. The maximum absolute atomic E-state index is 12.0. The van der Waals surface area contributed by atoms with Gasteiger partial charge in [-0.2, -0.15) is 0 Å². The van der Waals surface area contributed by atoms with Crippen LogP contribution in [0.4, 0.5) is 5.82 Å². The largest absolute Gasteiger partial charge is 0.382 e. The van der Waals surface area contributed by atoms with E-state index in [4.69, 9.17) is 5.73 Å². The van der Waals surface area contributed by atoms with Crippen LogP contribution in [0.25, 0.3) is 22.4 Å². The van der Waals surface area contributed by atoms with Gasteiger partial charge < -0.3 is 15.7 Å². The number of fused-ring (bicyclic) bond motifs is 1. The van der Waals surface area contributed by atoms with E-state index in [1.165, 1.54) is 11.2 Å². The molecule has 0 saturated carbocycles. The average molecular weight is 360 g/mol. The first-order valence-electron chi connectivity index (χ1n) is 8.31. The summed E-state index contributed by atoms with van der Waals surface area (Å²) < 4.78 is 0. The number of amides is 1. The van der Waals surface area contributed by atoms with Gasteiger partial charge in [0.2, 0.25) is 5.60 Å². The summed E-state index contributed by atoms with van der Waals surface area (Å²) in [5.41, 5.74) is 6.65. The number of rotatable bonds is 1. The number of nitrogens with zero attached hydrogens (tertiary/aromatic N) is 5. The topological polar surface area (TPSA) is 118 Å². The van der Waals surface area contributed by atoms with E-state index in [9.17, 15) is 9.90 Å². The fraction of sp³-hybridized carbons (Fsp3) is 0.211. The lowest BCUT2D eigenvalue weighted by Gasteiger charge is -2.13. The highest BCUT2D eigenvalue weighted by atomic mass is 16.3. The Bertz CT molecular complexity index is 1120. The molecule has 1 aliphatic rings. The quantitative estimate of drug-likeness (QED) is 0.611. The number of carbonyl (C=O) groups excluding carboxylic acids is 1. The van der Waals surface area contributed by atoms with Crippen molar-refractivity contribution in [2.75, 3.05) is 19.3 Å². The number of hydrogen-bond donors (Lipinski definition) is 2. The number of aliphatic hydroxyl groups is 1. The molecule has 3 heterocycles. The van der Waals surface area contributed by atoms with Gasteiger partial charge >= 0.3 is 0 Å². The third-order valence-electron chi connectivity index (χ3n) is 4.45. The molecule has 1 atom stereocenters. The molecule has 0 radical (unpaired) electrons. The molecular formula is C19H16N6O2. The summed E-state index contributed by atoms with van der Waals surface area (Å²) in [7, 11) is 1.65. The van der Waals surface area contributed by atoms with Gasteiger partial charge in [0, 0.05) is 31.1 Å². The van der Waals surface area contributed by atoms with Crippen LogP contribution in [0, 0.1) is 11.8 Å². The number of aromatic nitrogens is 4. The summed E-state index contributed by atoms with van der Waals surface area (Å²) in [4.78, 5) is 30.3. The van der Waals surface area contributed by atoms with Gasteiger partial charge in [0.1, 0.15) is 17.4 Å². The minimum absolute atomic E-state index is 0.283. The van der Waals surface area contributed by atoms with Crippen LogP contribution in [0.1, 0.15) is 12.0 Å². The van der Waals surface area contributed by atoms with Gasteiger partial charge in [0.05, 0.1) is 6.20 Å². The minimum Gasteiger partial charge on any atom is -0.382 e. The van der Waals surface area contributed by atoms with Crippen LogP contribution < -0.4 is 5.73 Å². The summed E-state index contributed by atoms with van der Waals surface area (Å²) in [6, 6.07) is 7.24. The molecule has 3 aromatic rings. The van der Waals surface area contributed by atoms with Gasteiger partial charge in [-0.25, -0.2) is 19.9 Å². The number of hydrogen-bond acceptors (Lipinski definition) is 7. The monoisotopic (exact) mass is 360 g/mol. The lowest BCUT2D eigenvalue weighted by Crippen LogP contribution is -2.37. The zero-order valence-electron chi connectivity index (χ0n) is 14.5. The molecule has 8 nitrogen and oxygen atoms in total. The standard InChI is InChI=1S/C19H16N6O2/c1-25-8-7-19(27,18(25)26)6-5-12-3-2-4-13(9-12)17-21-10-14-15(24-17)16(20)23-11-22-14/h2-4,9-11,27H,7-8H2,1H3,(H2,20,22,23)/t19-/m1/s1. The second-order valence-electron chi connectivity index (χ2n) is 6.35. The number of likely N-dealkylation sites (N-methyl/N-ethyl adjacent to an activating group) is 1. The molecule has 0 unspecified atom stereocenters. The molecule has 1 aromatic carbocycles. The number of nitrogens with two attached hydrogens (primary N) is 1. The number of benzene rings is 1. The SMILES string of the molecule is CN1CC[C@](O)(C#Cc2cccc(-c3ncc4ncnc(N)c4n3)c2)C1=O. The van der Waals surface area contributed by atoms with Crippen LogP contribution in [-0.2, 0) is 4.79 Å². The first kappa shape index (κ1) is 16.9. The summed E-state index contributed by atoms with van der Waals surface area (Å²) in [5, 5.41) is 10.4. The van der Waals surface area contributed by atoms with Crippen molar-refractivity contribution in [3.63, 3.8) is 0 Å². The molecule has 2 aromatic heterocycles. The normalized spacial score (nSPS) is 19.2. The van der Waals surface area contributed by atoms with Gasteiger partial charge in [-0.3, -0.25) is 4.79 Å². The Hall–Kier alpha value is -3.57. The Morgan fingerprint density at radius 1 is 1.30 bits per heavy atom. The number of anilines is 1. The van der Waals surface area contributed by atoms with Crippen molar-refractivity contribution in [2.45, 2.75) is 12.0 Å². The smallest absolute Gasteiger partial charge is 0.267 e. The maximum Gasteiger partial charge on any atom is 0.267 e. The molecule has 1 aliphatic heterocycles. The van der Waals surface area contributed by atoms with Gasteiger partial charge in [0.25, 0.3) is 5.91 Å². The van der Waals surface area contributed by atoms with Gasteiger partial charge in [-0.15, -0.1) is 0 Å². The van der Waals surface area contributed by atoms with E-state index in [0.717, 1.165) is 5.56 Å². The molecule has 0 aliphatic carbocycles. The Labute approximate surface area is 155 Å². The molecule has 0 bridgehead atoms. The first-order chi connectivity index (χ1) is 13.0. The van der Waals surface area contributed by atoms with Gasteiger partial charge in [-0.05, 0) is 12.1 Å². The van der Waals surface area contributed by atoms with Crippen LogP contribution in [0.15, 0.2) is 36.8 Å². The Morgan fingerprint density at radius 3 is 2.93 bits per heavy atom. The zero-order valence-corrected chi connectivity index (χ0v) is 14.5. The van der Waals surface area contributed by atoms with Crippen molar-refractivity contribution in [1.29, 1.82) is 0 Å². The Balaban J connectivity index is 1.69. The van der Waals surface area contributed by atoms with Crippen LogP contribution >= 0.6 is 0 Å². The van der Waals surface area contributed by atoms with Crippen molar-refractivity contribution >= 4 is 22.8 Å². The maximum atomic E-state index is 12.0. The molecule has 134 valence electrons. The molecule has 8 heteroatoms. The van der Waals surface area contributed by atoms with E-state index < -0.39 is 5.60 Å². The fourth-order valence-corrected chi connectivity index (χ4v) is 2.89. The lowest BCUT2D eigenvalue weighted by molar-refractivity contribution is -0.137. The summed E-state index contributed by atoms with van der Waals surface area (Å²) in [6.07, 6.45) is 3.25. The second kappa shape index (κ2) is 6.30. The highest BCUT2D eigenvalue weighted by molar-refractivity contribution is 5.90. The summed E-state index contributed by atoms with van der Waals surface area (Å²) in [5.74, 6) is 5.96. The lowest BCUT2D eigenvalue weighted by atomic mass is 10.0. The van der Waals surface area contributed by atoms with Crippen molar-refractivity contribution in [1.82, 2.24) is 24.8 Å². The fourth-order valence-electron chi connectivity index (χ4n) is 2.89. The zero-order chi connectivity index (χ0) is 19.0. The van der Waals surface area contributed by atoms with E-state index in [1.54, 1.807) is 25.4 Å². The van der Waals surface area contributed by atoms with Crippen molar-refractivity contribution in [3.05, 3.63) is 42.4 Å². The molecule has 27 heavy (non-hydrogen) atoms. The molecule has 4 rings (SSSR count). The second-order valence-corrected chi connectivity index (χ2v) is 6.35. The molecule has 1 saturated heterocycles. The predicted molar refractivity (Wildman–Crippen MR) is 99.1 cm³/mol. The van der Waals surface area contributed by atoms with E-state index in [1.807, 2.05) is 12.1 Å². The van der Waals surface area contributed by atoms with E-state index in [-0.39, 0.29) is 11.7 Å². The van der Waals surface area contributed by atoms with E-state index >= 15 is 0 Å². The number of likely N-dealkylation sites (tertiary alicyclic amines) is 1. The molecule has 0 spiro atoms. The van der Waals surface area contributed by atoms with E-state index in [2.05, 4.69) is 31.8 Å². The number of nitrogen functional groups attached to an aromatic ring is 1. The van der Waals surface area contributed by atoms with Crippen LogP contribution in [-0.4, -0.2) is 55.0 Å². The highest BCUT2D eigenvalue weighted by Gasteiger charge is 2.42. The van der Waals surface area contributed by atoms with Crippen molar-refractivity contribution in [2.24, 2.45) is 0 Å². The molecule has 1 amide bonds. The third-order valence-corrected chi connectivity index (χ3v) is 4.45. The predicted octanol–water partition coefficient (Wildman–Crippen LogP) is 0.614.